The second kappa shape index (κ2) is 5.19. The first kappa shape index (κ1) is 13.2. The predicted molar refractivity (Wildman–Crippen MR) is 62.6 cm³/mol. The van der Waals surface area contributed by atoms with Gasteiger partial charge in [0.05, 0.1) is 0 Å². The molecule has 0 aliphatic heterocycles. The van der Waals surface area contributed by atoms with Crippen molar-refractivity contribution in [2.24, 2.45) is 0 Å². The molecule has 0 amide bonds. The highest BCUT2D eigenvalue weighted by molar-refractivity contribution is 6.29. The molecule has 0 unspecified atom stereocenters. The number of halogens is 3. The largest absolute Gasteiger partial charge is 0.477 e. The Bertz CT molecular complexity index is 649. The Hall–Kier alpha value is -2.21. The summed E-state index contributed by atoms with van der Waals surface area (Å²) in [5, 5.41) is 8.92. The molecule has 0 saturated carbocycles. The summed E-state index contributed by atoms with van der Waals surface area (Å²) < 4.78 is 31.1. The van der Waals surface area contributed by atoms with Gasteiger partial charge in [0.15, 0.2) is 11.6 Å². The Morgan fingerprint density at radius 1 is 1.26 bits per heavy atom. The van der Waals surface area contributed by atoms with E-state index >= 15 is 0 Å². The number of hydrogen-bond donors (Lipinski definition) is 1. The minimum atomic E-state index is -1.30. The molecule has 0 aliphatic rings. The van der Waals surface area contributed by atoms with Gasteiger partial charge >= 0.3 is 5.97 Å². The molecule has 1 N–H and O–H groups in total. The average molecular weight is 286 g/mol. The lowest BCUT2D eigenvalue weighted by atomic mass is 10.2. The summed E-state index contributed by atoms with van der Waals surface area (Å²) in [6.07, 6.45) is 0. The van der Waals surface area contributed by atoms with Crippen molar-refractivity contribution in [3.05, 3.63) is 52.7 Å². The normalized spacial score (nSPS) is 10.3. The molecule has 0 bridgehead atoms. The molecule has 0 spiro atoms. The van der Waals surface area contributed by atoms with E-state index in [1.54, 1.807) is 0 Å². The number of pyridine rings is 1. The molecular weight excluding hydrogens is 280 g/mol. The van der Waals surface area contributed by atoms with Crippen LogP contribution in [0.3, 0.4) is 0 Å². The van der Waals surface area contributed by atoms with E-state index in [1.807, 2.05) is 0 Å². The summed E-state index contributed by atoms with van der Waals surface area (Å²) in [6, 6.07) is 5.05. The molecule has 2 rings (SSSR count). The van der Waals surface area contributed by atoms with Crippen molar-refractivity contribution in [2.75, 3.05) is 0 Å². The number of nitrogens with zero attached hydrogens (tertiary/aromatic N) is 1. The Kier molecular flexibility index (Phi) is 3.62. The highest BCUT2D eigenvalue weighted by Gasteiger charge is 2.16. The van der Waals surface area contributed by atoms with Crippen LogP contribution in [0.15, 0.2) is 30.3 Å². The van der Waals surface area contributed by atoms with Gasteiger partial charge in [-0.3, -0.25) is 0 Å². The molecule has 7 heteroatoms. The maximum Gasteiger partial charge on any atom is 0.341 e. The van der Waals surface area contributed by atoms with E-state index in [0.717, 1.165) is 12.1 Å². The molecule has 1 heterocycles. The second-order valence-electron chi connectivity index (χ2n) is 3.47. The Morgan fingerprint density at radius 3 is 2.63 bits per heavy atom. The van der Waals surface area contributed by atoms with E-state index < -0.39 is 17.6 Å². The smallest absolute Gasteiger partial charge is 0.341 e. The van der Waals surface area contributed by atoms with Crippen LogP contribution in [0.5, 0.6) is 11.6 Å². The van der Waals surface area contributed by atoms with Gasteiger partial charge in [-0.1, -0.05) is 11.6 Å². The highest BCUT2D eigenvalue weighted by Crippen LogP contribution is 2.27. The van der Waals surface area contributed by atoms with Crippen LogP contribution in [0.1, 0.15) is 10.4 Å². The third-order valence-corrected chi connectivity index (χ3v) is 2.37. The minimum Gasteiger partial charge on any atom is -0.477 e. The quantitative estimate of drug-likeness (QED) is 0.877. The van der Waals surface area contributed by atoms with E-state index in [-0.39, 0.29) is 22.3 Å². The van der Waals surface area contributed by atoms with Crippen LogP contribution in [0.25, 0.3) is 0 Å². The average Bonchev–Trinajstić information content (AvgIpc) is 2.32. The van der Waals surface area contributed by atoms with Crippen LogP contribution in [-0.2, 0) is 0 Å². The lowest BCUT2D eigenvalue weighted by Gasteiger charge is -2.08. The molecule has 0 radical (unpaired) electrons. The Morgan fingerprint density at radius 2 is 2.00 bits per heavy atom. The lowest BCUT2D eigenvalue weighted by Crippen LogP contribution is -2.02. The van der Waals surface area contributed by atoms with E-state index in [1.165, 1.54) is 12.1 Å². The number of benzene rings is 1. The van der Waals surface area contributed by atoms with Crippen molar-refractivity contribution < 1.29 is 23.4 Å². The van der Waals surface area contributed by atoms with Gasteiger partial charge in [0, 0.05) is 6.07 Å². The van der Waals surface area contributed by atoms with Gasteiger partial charge in [0.2, 0.25) is 5.88 Å². The number of aromatic nitrogens is 1. The zero-order valence-electron chi connectivity index (χ0n) is 9.23. The van der Waals surface area contributed by atoms with E-state index in [0.29, 0.717) is 6.07 Å². The number of carboxylic acids is 1. The van der Waals surface area contributed by atoms with Crippen LogP contribution in [0, 0.1) is 11.6 Å². The summed E-state index contributed by atoms with van der Waals surface area (Å²) in [5.74, 6) is -3.77. The monoisotopic (exact) mass is 285 g/mol. The lowest BCUT2D eigenvalue weighted by molar-refractivity contribution is 0.0693. The van der Waals surface area contributed by atoms with Crippen LogP contribution in [0.2, 0.25) is 5.15 Å². The number of hydrogen-bond acceptors (Lipinski definition) is 3. The van der Waals surface area contributed by atoms with Crippen LogP contribution in [-0.4, -0.2) is 16.1 Å². The Balaban J connectivity index is 2.42. The number of carbonyl (C=O) groups is 1. The molecule has 0 aliphatic carbocycles. The van der Waals surface area contributed by atoms with E-state index in [4.69, 9.17) is 21.4 Å². The molecule has 2 aromatic rings. The molecule has 19 heavy (non-hydrogen) atoms. The number of carboxylic acid groups (broad SMARTS) is 1. The van der Waals surface area contributed by atoms with Gasteiger partial charge in [-0.2, -0.15) is 0 Å². The first-order valence-corrected chi connectivity index (χ1v) is 5.38. The molecule has 1 aromatic carbocycles. The van der Waals surface area contributed by atoms with Gasteiger partial charge in [0.25, 0.3) is 0 Å². The van der Waals surface area contributed by atoms with Crippen LogP contribution >= 0.6 is 11.6 Å². The number of ether oxygens (including phenoxy) is 1. The first-order chi connectivity index (χ1) is 8.97. The van der Waals surface area contributed by atoms with Gasteiger partial charge < -0.3 is 9.84 Å². The third-order valence-electron chi connectivity index (χ3n) is 2.16. The number of aromatic carboxylic acids is 1. The molecule has 4 nitrogen and oxygen atoms in total. The van der Waals surface area contributed by atoms with E-state index in [9.17, 15) is 13.6 Å². The molecule has 0 atom stereocenters. The van der Waals surface area contributed by atoms with Crippen molar-refractivity contribution in [2.45, 2.75) is 0 Å². The van der Waals surface area contributed by atoms with Gasteiger partial charge in [-0.15, -0.1) is 0 Å². The van der Waals surface area contributed by atoms with Gasteiger partial charge in [-0.05, 0) is 24.3 Å². The van der Waals surface area contributed by atoms with Crippen molar-refractivity contribution >= 4 is 17.6 Å². The number of rotatable bonds is 3. The third kappa shape index (κ3) is 2.97. The second-order valence-corrected chi connectivity index (χ2v) is 3.86. The molecule has 98 valence electrons. The van der Waals surface area contributed by atoms with Crippen molar-refractivity contribution in [1.82, 2.24) is 4.98 Å². The summed E-state index contributed by atoms with van der Waals surface area (Å²) in [6.45, 7) is 0. The maximum atomic E-state index is 13.4. The maximum absolute atomic E-state index is 13.4. The standard InChI is InChI=1S/C12H6ClF2NO3/c13-10-4-2-7(12(17)18)11(16-10)19-9-3-1-6(14)5-8(9)15/h1-5H,(H,17,18). The first-order valence-electron chi connectivity index (χ1n) is 5.00. The fourth-order valence-electron chi connectivity index (χ4n) is 1.32. The predicted octanol–water partition coefficient (Wildman–Crippen LogP) is 3.50. The van der Waals surface area contributed by atoms with Crippen molar-refractivity contribution in [1.29, 1.82) is 0 Å². The minimum absolute atomic E-state index is 0.0116. The Labute approximate surface area is 111 Å². The molecule has 0 saturated heterocycles. The van der Waals surface area contributed by atoms with Crippen LogP contribution < -0.4 is 4.74 Å². The van der Waals surface area contributed by atoms with Crippen molar-refractivity contribution in [3.8, 4) is 11.6 Å². The molecule has 0 fully saturated rings. The topological polar surface area (TPSA) is 59.4 Å². The van der Waals surface area contributed by atoms with Crippen LogP contribution in [0.4, 0.5) is 8.78 Å². The zero-order valence-corrected chi connectivity index (χ0v) is 9.99. The molecule has 1 aromatic heterocycles. The summed E-state index contributed by atoms with van der Waals surface area (Å²) >= 11 is 5.61. The fourth-order valence-corrected chi connectivity index (χ4v) is 1.46. The van der Waals surface area contributed by atoms with Crippen molar-refractivity contribution in [3.63, 3.8) is 0 Å². The summed E-state index contributed by atoms with van der Waals surface area (Å²) in [7, 11) is 0. The summed E-state index contributed by atoms with van der Waals surface area (Å²) in [5.41, 5.74) is -0.284. The SMILES string of the molecule is O=C(O)c1ccc(Cl)nc1Oc1ccc(F)cc1F. The van der Waals surface area contributed by atoms with Gasteiger partial charge in [-0.25, -0.2) is 18.6 Å². The zero-order chi connectivity index (χ0) is 14.0. The van der Waals surface area contributed by atoms with Gasteiger partial charge in [0.1, 0.15) is 16.5 Å². The van der Waals surface area contributed by atoms with E-state index in [2.05, 4.69) is 4.98 Å². The summed E-state index contributed by atoms with van der Waals surface area (Å²) in [4.78, 5) is 14.6. The fraction of sp³-hybridized carbons (Fsp3) is 0. The highest BCUT2D eigenvalue weighted by atomic mass is 35.5. The molecular formula is C12H6ClF2NO3.